The first-order valence-electron chi connectivity index (χ1n) is 6.88. The molecule has 1 aromatic rings. The summed E-state index contributed by atoms with van der Waals surface area (Å²) in [5, 5.41) is 0. The Morgan fingerprint density at radius 2 is 1.84 bits per heavy atom. The van der Waals surface area contributed by atoms with Crippen molar-refractivity contribution < 1.29 is 14.3 Å². The highest BCUT2D eigenvalue weighted by atomic mass is 16.5. The van der Waals surface area contributed by atoms with Crippen LogP contribution in [0, 0.1) is 17.8 Å². The van der Waals surface area contributed by atoms with Crippen molar-refractivity contribution in [3.05, 3.63) is 35.9 Å². The lowest BCUT2D eigenvalue weighted by Crippen LogP contribution is -2.12. The second-order valence-electron chi connectivity index (χ2n) is 5.11. The van der Waals surface area contributed by atoms with Gasteiger partial charge in [0.1, 0.15) is 5.78 Å². The Bertz CT molecular complexity index is 452. The van der Waals surface area contributed by atoms with Crippen LogP contribution in [0.4, 0.5) is 0 Å². The van der Waals surface area contributed by atoms with Crippen molar-refractivity contribution >= 4 is 11.8 Å². The summed E-state index contributed by atoms with van der Waals surface area (Å²) >= 11 is 0. The number of carbonyl (C=O) groups is 2. The minimum atomic E-state index is -0.215. The van der Waals surface area contributed by atoms with Gasteiger partial charge in [0, 0.05) is 12.3 Å². The van der Waals surface area contributed by atoms with Crippen molar-refractivity contribution in [2.45, 2.75) is 26.7 Å². The predicted molar refractivity (Wildman–Crippen MR) is 72.5 cm³/mol. The molecule has 1 aliphatic carbocycles. The Kier molecular flexibility index (Phi) is 4.35. The summed E-state index contributed by atoms with van der Waals surface area (Å²) in [4.78, 5) is 23.7. The largest absolute Gasteiger partial charge is 0.466 e. The van der Waals surface area contributed by atoms with Crippen LogP contribution in [-0.4, -0.2) is 18.4 Å². The lowest BCUT2D eigenvalue weighted by molar-refractivity contribution is -0.146. The number of ether oxygens (including phenoxy) is 1. The van der Waals surface area contributed by atoms with Gasteiger partial charge in [0.25, 0.3) is 0 Å². The minimum Gasteiger partial charge on any atom is -0.466 e. The van der Waals surface area contributed by atoms with E-state index >= 15 is 0 Å². The Hall–Kier alpha value is -1.64. The van der Waals surface area contributed by atoms with Crippen LogP contribution in [0.25, 0.3) is 0 Å². The van der Waals surface area contributed by atoms with Crippen molar-refractivity contribution in [3.63, 3.8) is 0 Å². The van der Waals surface area contributed by atoms with Crippen molar-refractivity contribution in [3.8, 4) is 0 Å². The number of Topliss-reactive ketones (excluding diaryl/α,β-unsaturated/α-hetero) is 1. The molecule has 0 bridgehead atoms. The lowest BCUT2D eigenvalue weighted by Gasteiger charge is -2.01. The number of hydrogen-bond donors (Lipinski definition) is 0. The molecule has 1 aliphatic rings. The number of carbonyl (C=O) groups excluding carboxylic acids is 2. The molecule has 0 aliphatic heterocycles. The minimum absolute atomic E-state index is 0.122. The number of rotatable bonds is 6. The average molecular weight is 260 g/mol. The molecule has 3 heteroatoms. The molecule has 0 aromatic heterocycles. The second kappa shape index (κ2) is 6.00. The van der Waals surface area contributed by atoms with Crippen LogP contribution in [0.1, 0.15) is 25.8 Å². The van der Waals surface area contributed by atoms with Gasteiger partial charge in [-0.3, -0.25) is 9.59 Å². The Morgan fingerprint density at radius 3 is 2.47 bits per heavy atom. The third-order valence-electron chi connectivity index (χ3n) is 3.81. The molecular weight excluding hydrogens is 240 g/mol. The van der Waals surface area contributed by atoms with Gasteiger partial charge in [-0.15, -0.1) is 0 Å². The molecule has 0 amide bonds. The fourth-order valence-corrected chi connectivity index (χ4v) is 2.63. The van der Waals surface area contributed by atoms with E-state index in [1.807, 2.05) is 37.3 Å². The summed E-state index contributed by atoms with van der Waals surface area (Å²) in [5.41, 5.74) is 1.16. The number of hydrogen-bond acceptors (Lipinski definition) is 3. The molecule has 3 unspecified atom stereocenters. The van der Waals surface area contributed by atoms with Crippen molar-refractivity contribution in [2.24, 2.45) is 17.8 Å². The van der Waals surface area contributed by atoms with Gasteiger partial charge in [-0.1, -0.05) is 37.3 Å². The summed E-state index contributed by atoms with van der Waals surface area (Å²) < 4.78 is 4.99. The standard InChI is InChI=1S/C16H20O3/c1-3-19-16(18)15-11(2)14(15)13(17)10-9-12-7-5-4-6-8-12/h4-8,11,14-15H,3,9-10H2,1-2H3. The van der Waals surface area contributed by atoms with Crippen LogP contribution in [0.15, 0.2) is 30.3 Å². The van der Waals surface area contributed by atoms with Crippen LogP contribution in [0.3, 0.4) is 0 Å². The molecule has 102 valence electrons. The van der Waals surface area contributed by atoms with Gasteiger partial charge in [0.05, 0.1) is 12.5 Å². The SMILES string of the molecule is CCOC(=O)C1C(C)C1C(=O)CCc1ccccc1. The van der Waals surface area contributed by atoms with Crippen molar-refractivity contribution in [1.82, 2.24) is 0 Å². The molecule has 0 saturated heterocycles. The highest BCUT2D eigenvalue weighted by Crippen LogP contribution is 2.48. The van der Waals surface area contributed by atoms with Gasteiger partial charge in [0.15, 0.2) is 0 Å². The number of esters is 1. The maximum Gasteiger partial charge on any atom is 0.309 e. The summed E-state index contributed by atoms with van der Waals surface area (Å²) in [6.45, 7) is 4.12. The zero-order valence-electron chi connectivity index (χ0n) is 11.5. The van der Waals surface area contributed by atoms with Gasteiger partial charge in [-0.05, 0) is 24.8 Å². The number of benzene rings is 1. The molecule has 3 nitrogen and oxygen atoms in total. The molecule has 0 radical (unpaired) electrons. The summed E-state index contributed by atoms with van der Waals surface area (Å²) in [7, 11) is 0. The second-order valence-corrected chi connectivity index (χ2v) is 5.11. The molecular formula is C16H20O3. The van der Waals surface area contributed by atoms with Gasteiger partial charge in [0.2, 0.25) is 0 Å². The highest BCUT2D eigenvalue weighted by Gasteiger charge is 2.56. The fraction of sp³-hybridized carbons (Fsp3) is 0.500. The van der Waals surface area contributed by atoms with Crippen LogP contribution < -0.4 is 0 Å². The molecule has 0 spiro atoms. The number of aryl methyl sites for hydroxylation is 1. The molecule has 0 heterocycles. The smallest absolute Gasteiger partial charge is 0.309 e. The summed E-state index contributed by atoms with van der Waals surface area (Å²) in [6.07, 6.45) is 1.26. The molecule has 2 rings (SSSR count). The normalized spacial score (nSPS) is 24.8. The first-order valence-corrected chi connectivity index (χ1v) is 6.88. The lowest BCUT2D eigenvalue weighted by atomic mass is 10.0. The number of ketones is 1. The Labute approximate surface area is 114 Å². The van der Waals surface area contributed by atoms with E-state index in [0.717, 1.165) is 12.0 Å². The molecule has 1 saturated carbocycles. The molecule has 3 atom stereocenters. The fourth-order valence-electron chi connectivity index (χ4n) is 2.63. The van der Waals surface area contributed by atoms with Crippen LogP contribution in [0.5, 0.6) is 0 Å². The molecule has 0 N–H and O–H groups in total. The van der Waals surface area contributed by atoms with E-state index in [1.54, 1.807) is 6.92 Å². The Balaban J connectivity index is 1.83. The molecule has 1 aromatic carbocycles. The zero-order valence-corrected chi connectivity index (χ0v) is 11.5. The average Bonchev–Trinajstić information content (AvgIpc) is 3.09. The van der Waals surface area contributed by atoms with Gasteiger partial charge < -0.3 is 4.74 Å². The van der Waals surface area contributed by atoms with E-state index in [1.165, 1.54) is 0 Å². The van der Waals surface area contributed by atoms with Crippen LogP contribution >= 0.6 is 0 Å². The van der Waals surface area contributed by atoms with Crippen LogP contribution in [-0.2, 0) is 20.7 Å². The van der Waals surface area contributed by atoms with Crippen LogP contribution in [0.2, 0.25) is 0 Å². The van der Waals surface area contributed by atoms with E-state index in [0.29, 0.717) is 13.0 Å². The van der Waals surface area contributed by atoms with E-state index in [-0.39, 0.29) is 29.5 Å². The maximum absolute atomic E-state index is 12.1. The highest BCUT2D eigenvalue weighted by molar-refractivity contribution is 5.92. The van der Waals surface area contributed by atoms with Crippen molar-refractivity contribution in [2.75, 3.05) is 6.61 Å². The third kappa shape index (κ3) is 3.22. The Morgan fingerprint density at radius 1 is 1.16 bits per heavy atom. The predicted octanol–water partition coefficient (Wildman–Crippen LogP) is 2.63. The van der Waals surface area contributed by atoms with Gasteiger partial charge >= 0.3 is 5.97 Å². The molecule has 19 heavy (non-hydrogen) atoms. The zero-order chi connectivity index (χ0) is 13.8. The third-order valence-corrected chi connectivity index (χ3v) is 3.81. The van der Waals surface area contributed by atoms with E-state index in [4.69, 9.17) is 4.74 Å². The first-order chi connectivity index (χ1) is 9.15. The van der Waals surface area contributed by atoms with E-state index in [2.05, 4.69) is 0 Å². The quantitative estimate of drug-likeness (QED) is 0.738. The topological polar surface area (TPSA) is 43.4 Å². The molecule has 1 fully saturated rings. The van der Waals surface area contributed by atoms with Crippen molar-refractivity contribution in [1.29, 1.82) is 0 Å². The maximum atomic E-state index is 12.1. The summed E-state index contributed by atoms with van der Waals surface area (Å²) in [5.74, 6) is -0.212. The first kappa shape index (κ1) is 13.8. The summed E-state index contributed by atoms with van der Waals surface area (Å²) in [6, 6.07) is 9.95. The van der Waals surface area contributed by atoms with E-state index < -0.39 is 0 Å². The monoisotopic (exact) mass is 260 g/mol. The van der Waals surface area contributed by atoms with E-state index in [9.17, 15) is 9.59 Å². The van der Waals surface area contributed by atoms with Gasteiger partial charge in [-0.25, -0.2) is 0 Å². The van der Waals surface area contributed by atoms with Gasteiger partial charge in [-0.2, -0.15) is 0 Å².